The Labute approximate surface area is 370 Å². The lowest BCUT2D eigenvalue weighted by Gasteiger charge is -2.51. The number of rotatable bonds is 8. The van der Waals surface area contributed by atoms with Crippen LogP contribution in [-0.4, -0.2) is 0 Å². The van der Waals surface area contributed by atoms with Gasteiger partial charge in [-0.2, -0.15) is 0 Å². The molecule has 0 spiro atoms. The van der Waals surface area contributed by atoms with Crippen molar-refractivity contribution in [2.45, 2.75) is 17.3 Å². The van der Waals surface area contributed by atoms with Crippen molar-refractivity contribution in [1.82, 2.24) is 0 Å². The first kappa shape index (κ1) is 37.1. The molecule has 0 heterocycles. The van der Waals surface area contributed by atoms with Gasteiger partial charge in [0.15, 0.2) is 0 Å². The van der Waals surface area contributed by atoms with Gasteiger partial charge in [0, 0.05) is 23.0 Å². The summed E-state index contributed by atoms with van der Waals surface area (Å²) < 4.78 is 0. The van der Waals surface area contributed by atoms with E-state index in [0.717, 1.165) is 23.5 Å². The van der Waals surface area contributed by atoms with Crippen LogP contribution in [0.2, 0.25) is 0 Å². The van der Waals surface area contributed by atoms with Gasteiger partial charge >= 0.3 is 0 Å². The highest BCUT2D eigenvalue weighted by Gasteiger charge is 2.60. The van der Waals surface area contributed by atoms with E-state index in [0.29, 0.717) is 0 Å². The second-order valence-electron chi connectivity index (χ2n) is 17.1. The van der Waals surface area contributed by atoms with Gasteiger partial charge in [-0.25, -0.2) is 0 Å². The molecule has 3 unspecified atom stereocenters. The average Bonchev–Trinajstić information content (AvgIpc) is 3.68. The quantitative estimate of drug-likeness (QED) is 0.148. The molecule has 0 saturated heterocycles. The van der Waals surface area contributed by atoms with Crippen LogP contribution in [0, 0.1) is 5.92 Å². The average molecular weight is 804 g/mol. The van der Waals surface area contributed by atoms with Gasteiger partial charge in [0.25, 0.3) is 0 Å². The molecule has 1 heteroatoms. The second kappa shape index (κ2) is 15.0. The Morgan fingerprint density at radius 2 is 0.905 bits per heavy atom. The summed E-state index contributed by atoms with van der Waals surface area (Å²) in [6, 6.07) is 88.1. The van der Waals surface area contributed by atoms with Gasteiger partial charge in [0.2, 0.25) is 0 Å². The van der Waals surface area contributed by atoms with E-state index in [-0.39, 0.29) is 11.3 Å². The van der Waals surface area contributed by atoms with Crippen LogP contribution in [0.5, 0.6) is 0 Å². The van der Waals surface area contributed by atoms with E-state index < -0.39 is 5.41 Å². The Kier molecular flexibility index (Phi) is 8.83. The minimum atomic E-state index is -0.636. The van der Waals surface area contributed by atoms with Gasteiger partial charge in [-0.3, -0.25) is 0 Å². The van der Waals surface area contributed by atoms with Gasteiger partial charge in [-0.1, -0.05) is 212 Å². The molecule has 1 nitrogen and oxygen atoms in total. The number of nitrogens with zero attached hydrogens (tertiary/aromatic N) is 1. The van der Waals surface area contributed by atoms with Crippen molar-refractivity contribution in [1.29, 1.82) is 0 Å². The first-order valence-electron chi connectivity index (χ1n) is 22.2. The molecule has 9 aromatic carbocycles. The number of anilines is 3. The molecule has 0 fully saturated rings. The van der Waals surface area contributed by atoms with Crippen LogP contribution in [0.3, 0.4) is 0 Å². The summed E-state index contributed by atoms with van der Waals surface area (Å²) in [6.07, 6.45) is 8.03. The van der Waals surface area contributed by atoms with E-state index >= 15 is 0 Å². The third-order valence-corrected chi connectivity index (χ3v) is 14.0. The zero-order chi connectivity index (χ0) is 41.8. The van der Waals surface area contributed by atoms with E-state index in [1.165, 1.54) is 72.3 Å². The number of allylic oxidation sites excluding steroid dienone is 4. The zero-order valence-corrected chi connectivity index (χ0v) is 35.0. The summed E-state index contributed by atoms with van der Waals surface area (Å²) in [5.74, 6) is 0.270. The fourth-order valence-corrected chi connectivity index (χ4v) is 11.6. The predicted molar refractivity (Wildman–Crippen MR) is 262 cm³/mol. The van der Waals surface area contributed by atoms with Crippen molar-refractivity contribution in [2.75, 3.05) is 4.90 Å². The fraction of sp³-hybridized carbons (Fsp3) is 0.0645. The first-order chi connectivity index (χ1) is 31.3. The van der Waals surface area contributed by atoms with E-state index in [9.17, 15) is 0 Å². The summed E-state index contributed by atoms with van der Waals surface area (Å²) in [5.41, 5.74) is 19.2. The summed E-state index contributed by atoms with van der Waals surface area (Å²) in [5, 5.41) is 0. The maximum Gasteiger partial charge on any atom is 0.0708 e. The molecule has 0 N–H and O–H groups in total. The van der Waals surface area contributed by atoms with E-state index in [2.05, 4.69) is 260 Å². The topological polar surface area (TPSA) is 3.24 Å². The molecular formula is C62H45N. The lowest BCUT2D eigenvalue weighted by Crippen LogP contribution is -2.46. The molecule has 3 atom stereocenters. The van der Waals surface area contributed by atoms with E-state index in [4.69, 9.17) is 0 Å². The van der Waals surface area contributed by atoms with Crippen molar-refractivity contribution >= 4 is 22.6 Å². The summed E-state index contributed by atoms with van der Waals surface area (Å²) >= 11 is 0. The Balaban J connectivity index is 1.16. The highest BCUT2D eigenvalue weighted by Crippen LogP contribution is 2.67. The minimum Gasteiger partial charge on any atom is -0.310 e. The Morgan fingerprint density at radius 1 is 0.381 bits per heavy atom. The number of fused-ring (bicyclic) bond motifs is 5. The number of hydrogen-bond donors (Lipinski definition) is 0. The first-order valence-corrected chi connectivity index (χ1v) is 22.2. The summed E-state index contributed by atoms with van der Waals surface area (Å²) in [6.45, 7) is 0. The number of para-hydroxylation sites is 1. The van der Waals surface area contributed by atoms with Crippen LogP contribution < -0.4 is 4.90 Å². The molecule has 298 valence electrons. The predicted octanol–water partition coefficient (Wildman–Crippen LogP) is 15.5. The maximum atomic E-state index is 2.48. The van der Waals surface area contributed by atoms with Crippen LogP contribution in [0.25, 0.3) is 27.8 Å². The van der Waals surface area contributed by atoms with Crippen molar-refractivity contribution in [3.63, 3.8) is 0 Å². The van der Waals surface area contributed by atoms with Crippen molar-refractivity contribution in [3.8, 4) is 22.3 Å². The lowest BCUT2D eigenvalue weighted by molar-refractivity contribution is 0.454. The molecular weight excluding hydrogens is 759 g/mol. The highest BCUT2D eigenvalue weighted by atomic mass is 15.1. The summed E-state index contributed by atoms with van der Waals surface area (Å²) in [7, 11) is 0. The Bertz CT molecular complexity index is 3130. The lowest BCUT2D eigenvalue weighted by atomic mass is 9.50. The SMILES string of the molecule is C1=CCC2C(=C1)c1cccc3c1C2(c1ccccc1)c1ccccc1C3(c1ccccc1)c1cccc(N(c2ccccc2)c2cc(-c3ccccc3)cc(-c3ccccc3)c2)c1. The van der Waals surface area contributed by atoms with Gasteiger partial charge in [-0.05, 0) is 121 Å². The molecule has 12 rings (SSSR count). The molecule has 0 amide bonds. The number of hydrogen-bond acceptors (Lipinski definition) is 1. The molecule has 63 heavy (non-hydrogen) atoms. The van der Waals surface area contributed by atoms with Crippen LogP contribution in [-0.2, 0) is 10.8 Å². The Morgan fingerprint density at radius 3 is 1.57 bits per heavy atom. The van der Waals surface area contributed by atoms with Crippen LogP contribution >= 0.6 is 0 Å². The molecule has 3 aliphatic rings. The molecule has 0 aromatic heterocycles. The highest BCUT2D eigenvalue weighted by molar-refractivity contribution is 5.90. The monoisotopic (exact) mass is 803 g/mol. The minimum absolute atomic E-state index is 0.270. The summed E-state index contributed by atoms with van der Waals surface area (Å²) in [4.78, 5) is 2.45. The Hall–Kier alpha value is -7.74. The third kappa shape index (κ3) is 5.63. The largest absolute Gasteiger partial charge is 0.310 e. The maximum absolute atomic E-state index is 2.48. The zero-order valence-electron chi connectivity index (χ0n) is 35.0. The fourth-order valence-electron chi connectivity index (χ4n) is 11.6. The van der Waals surface area contributed by atoms with Gasteiger partial charge in [0.05, 0.1) is 10.8 Å². The molecule has 9 aromatic rings. The molecule has 0 bridgehead atoms. The van der Waals surface area contributed by atoms with Crippen LogP contribution in [0.4, 0.5) is 17.1 Å². The van der Waals surface area contributed by atoms with Gasteiger partial charge in [0.1, 0.15) is 0 Å². The third-order valence-electron chi connectivity index (χ3n) is 14.0. The van der Waals surface area contributed by atoms with Crippen LogP contribution in [0.1, 0.15) is 50.9 Å². The molecule has 0 saturated carbocycles. The van der Waals surface area contributed by atoms with Crippen LogP contribution in [0.15, 0.2) is 255 Å². The second-order valence-corrected chi connectivity index (χ2v) is 17.1. The van der Waals surface area contributed by atoms with Gasteiger partial charge < -0.3 is 4.90 Å². The molecule has 0 aliphatic heterocycles. The smallest absolute Gasteiger partial charge is 0.0708 e. The number of benzene rings is 9. The molecule has 0 radical (unpaired) electrons. The van der Waals surface area contributed by atoms with Gasteiger partial charge in [-0.15, -0.1) is 0 Å². The van der Waals surface area contributed by atoms with Crippen molar-refractivity contribution in [2.24, 2.45) is 5.92 Å². The van der Waals surface area contributed by atoms with Crippen molar-refractivity contribution in [3.05, 3.63) is 299 Å². The van der Waals surface area contributed by atoms with Crippen molar-refractivity contribution < 1.29 is 0 Å². The van der Waals surface area contributed by atoms with E-state index in [1.807, 2.05) is 0 Å². The van der Waals surface area contributed by atoms with E-state index in [1.54, 1.807) is 0 Å². The standard InChI is InChI=1S/C62H45N/c1-6-22-44(23-7-1)46-40-47(45-24-8-2-9-25-45)42-53(41-46)63(51-31-14-5-15-32-51)52-33-20-30-50(43-52)61(48-26-10-3-11-27-48)57-37-18-19-38-58(57)62(49-28-12-4-13-29-49)56-36-17-16-34-54(56)55-35-21-39-59(61)60(55)62/h1-35,37-43,56H,36H2. The molecule has 3 aliphatic carbocycles. The normalized spacial score (nSPS) is 19.0.